The average Bonchev–Trinajstić information content (AvgIpc) is 3.47. The number of rotatable bonds is 9. The van der Waals surface area contributed by atoms with Crippen molar-refractivity contribution in [1.29, 1.82) is 0 Å². The van der Waals surface area contributed by atoms with Gasteiger partial charge in [-0.15, -0.1) is 0 Å². The smallest absolute Gasteiger partial charge is 0.227 e. The number of aromatic nitrogens is 2. The highest BCUT2D eigenvalue weighted by atomic mass is 16.5. The Morgan fingerprint density at radius 3 is 2.67 bits per heavy atom. The molecule has 5 rings (SSSR count). The number of para-hydroxylation sites is 3. The quantitative estimate of drug-likeness (QED) is 0.268. The van der Waals surface area contributed by atoms with E-state index in [1.54, 1.807) is 7.11 Å². The number of methoxy groups -OCH3 is 1. The number of benzene rings is 3. The van der Waals surface area contributed by atoms with Gasteiger partial charge in [-0.25, -0.2) is 4.98 Å². The molecule has 186 valence electrons. The standard InChI is InChI=1S/C30H33N3O3/c1-21(2)25-12-4-7-15-28(25)36-17-9-16-32-27-14-6-5-13-26(27)31-30(32)22-18-29(34)33(20-22)23-10-8-11-24(19-23)35-3/h4-8,10-15,19,21-22H,9,16-18,20H2,1-3H3. The minimum atomic E-state index is 0.0266. The Morgan fingerprint density at radius 1 is 1.03 bits per heavy atom. The van der Waals surface area contributed by atoms with Crippen molar-refractivity contribution < 1.29 is 14.3 Å². The minimum Gasteiger partial charge on any atom is -0.497 e. The number of carbonyl (C=O) groups excluding carboxylic acids is 1. The van der Waals surface area contributed by atoms with Gasteiger partial charge in [0.05, 0.1) is 24.8 Å². The van der Waals surface area contributed by atoms with Crippen LogP contribution in [-0.4, -0.2) is 35.7 Å². The molecule has 3 aromatic carbocycles. The van der Waals surface area contributed by atoms with E-state index in [-0.39, 0.29) is 11.8 Å². The topological polar surface area (TPSA) is 56.6 Å². The van der Waals surface area contributed by atoms with Crippen molar-refractivity contribution >= 4 is 22.6 Å². The lowest BCUT2D eigenvalue weighted by Crippen LogP contribution is -2.24. The lowest BCUT2D eigenvalue weighted by molar-refractivity contribution is -0.117. The van der Waals surface area contributed by atoms with Crippen molar-refractivity contribution in [3.8, 4) is 11.5 Å². The van der Waals surface area contributed by atoms with Crippen LogP contribution in [0.1, 0.15) is 49.9 Å². The van der Waals surface area contributed by atoms with Crippen LogP contribution in [0.25, 0.3) is 11.0 Å². The van der Waals surface area contributed by atoms with E-state index in [0.29, 0.717) is 25.5 Å². The van der Waals surface area contributed by atoms with Gasteiger partial charge in [0.1, 0.15) is 17.3 Å². The Bertz CT molecular complexity index is 1360. The van der Waals surface area contributed by atoms with Crippen LogP contribution < -0.4 is 14.4 Å². The number of imidazole rings is 1. The van der Waals surface area contributed by atoms with Crippen LogP contribution in [0.2, 0.25) is 0 Å². The zero-order chi connectivity index (χ0) is 25.1. The first-order valence-electron chi connectivity index (χ1n) is 12.7. The molecule has 1 aromatic heterocycles. The normalized spacial score (nSPS) is 15.7. The summed E-state index contributed by atoms with van der Waals surface area (Å²) in [5.41, 5.74) is 4.16. The molecule has 0 bridgehead atoms. The van der Waals surface area contributed by atoms with Crippen LogP contribution in [0.5, 0.6) is 11.5 Å². The third-order valence-corrected chi connectivity index (χ3v) is 6.86. The molecule has 0 spiro atoms. The first-order chi connectivity index (χ1) is 17.5. The number of ether oxygens (including phenoxy) is 2. The highest BCUT2D eigenvalue weighted by Gasteiger charge is 2.35. The molecule has 0 aliphatic carbocycles. The number of aryl methyl sites for hydroxylation is 1. The van der Waals surface area contributed by atoms with Crippen LogP contribution >= 0.6 is 0 Å². The summed E-state index contributed by atoms with van der Waals surface area (Å²) in [7, 11) is 1.64. The molecule has 4 aromatic rings. The summed E-state index contributed by atoms with van der Waals surface area (Å²) < 4.78 is 13.8. The van der Waals surface area contributed by atoms with Gasteiger partial charge in [-0.1, -0.05) is 50.2 Å². The van der Waals surface area contributed by atoms with Crippen molar-refractivity contribution in [2.75, 3.05) is 25.2 Å². The molecule has 6 nitrogen and oxygen atoms in total. The Morgan fingerprint density at radius 2 is 1.83 bits per heavy atom. The van der Waals surface area contributed by atoms with Crippen molar-refractivity contribution in [1.82, 2.24) is 9.55 Å². The number of hydrogen-bond donors (Lipinski definition) is 0. The molecule has 0 saturated carbocycles. The van der Waals surface area contributed by atoms with Gasteiger partial charge in [0.2, 0.25) is 5.91 Å². The van der Waals surface area contributed by atoms with Crippen molar-refractivity contribution in [2.24, 2.45) is 0 Å². The summed E-state index contributed by atoms with van der Waals surface area (Å²) in [6.07, 6.45) is 1.29. The SMILES string of the molecule is COc1cccc(N2CC(c3nc4ccccc4n3CCCOc3ccccc3C(C)C)CC2=O)c1. The number of hydrogen-bond acceptors (Lipinski definition) is 4. The van der Waals surface area contributed by atoms with Crippen LogP contribution in [0.4, 0.5) is 5.69 Å². The van der Waals surface area contributed by atoms with E-state index >= 15 is 0 Å². The predicted molar refractivity (Wildman–Crippen MR) is 143 cm³/mol. The van der Waals surface area contributed by atoms with Gasteiger partial charge in [-0.3, -0.25) is 4.79 Å². The number of anilines is 1. The van der Waals surface area contributed by atoms with Crippen LogP contribution in [-0.2, 0) is 11.3 Å². The largest absolute Gasteiger partial charge is 0.497 e. The molecule has 1 fully saturated rings. The van der Waals surface area contributed by atoms with E-state index in [4.69, 9.17) is 14.5 Å². The van der Waals surface area contributed by atoms with E-state index in [1.165, 1.54) is 5.56 Å². The summed E-state index contributed by atoms with van der Waals surface area (Å²) >= 11 is 0. The van der Waals surface area contributed by atoms with Crippen molar-refractivity contribution in [3.05, 3.63) is 84.2 Å². The molecule has 6 heteroatoms. The van der Waals surface area contributed by atoms with Gasteiger partial charge in [0, 0.05) is 37.2 Å². The summed E-state index contributed by atoms with van der Waals surface area (Å²) in [4.78, 5) is 19.9. The molecule has 1 aliphatic heterocycles. The maximum Gasteiger partial charge on any atom is 0.227 e. The van der Waals surface area contributed by atoms with Crippen LogP contribution in [0.15, 0.2) is 72.8 Å². The molecule has 1 atom stereocenters. The first kappa shape index (κ1) is 23.9. The summed E-state index contributed by atoms with van der Waals surface area (Å²) in [5.74, 6) is 3.23. The fourth-order valence-electron chi connectivity index (χ4n) is 5.04. The number of carbonyl (C=O) groups is 1. The van der Waals surface area contributed by atoms with Gasteiger partial charge in [0.25, 0.3) is 0 Å². The molecule has 2 heterocycles. The highest BCUT2D eigenvalue weighted by Crippen LogP contribution is 2.34. The van der Waals surface area contributed by atoms with Crippen molar-refractivity contribution in [3.63, 3.8) is 0 Å². The third kappa shape index (κ3) is 4.81. The van der Waals surface area contributed by atoms with Gasteiger partial charge >= 0.3 is 0 Å². The monoisotopic (exact) mass is 483 g/mol. The Balaban J connectivity index is 1.34. The molecular weight excluding hydrogens is 450 g/mol. The molecule has 1 amide bonds. The number of nitrogens with zero attached hydrogens (tertiary/aromatic N) is 3. The van der Waals surface area contributed by atoms with Gasteiger partial charge in [0.15, 0.2) is 0 Å². The van der Waals surface area contributed by atoms with Gasteiger partial charge in [-0.2, -0.15) is 0 Å². The second-order valence-corrected chi connectivity index (χ2v) is 9.61. The summed E-state index contributed by atoms with van der Waals surface area (Å²) in [6.45, 7) is 6.37. The fraction of sp³-hybridized carbons (Fsp3) is 0.333. The average molecular weight is 484 g/mol. The van der Waals surface area contributed by atoms with E-state index in [1.807, 2.05) is 59.5 Å². The van der Waals surface area contributed by atoms with E-state index in [9.17, 15) is 4.79 Å². The molecule has 0 N–H and O–H groups in total. The molecule has 1 aliphatic rings. The zero-order valence-corrected chi connectivity index (χ0v) is 21.2. The highest BCUT2D eigenvalue weighted by molar-refractivity contribution is 5.96. The minimum absolute atomic E-state index is 0.0266. The second kappa shape index (κ2) is 10.4. The maximum absolute atomic E-state index is 13.0. The Labute approximate surface area is 212 Å². The number of fused-ring (bicyclic) bond motifs is 1. The predicted octanol–water partition coefficient (Wildman–Crippen LogP) is 6.16. The summed E-state index contributed by atoms with van der Waals surface area (Å²) in [5, 5.41) is 0. The molecule has 1 unspecified atom stereocenters. The molecule has 1 saturated heterocycles. The Hall–Kier alpha value is -3.80. The number of amides is 1. The van der Waals surface area contributed by atoms with E-state index in [0.717, 1.165) is 47.0 Å². The fourth-order valence-corrected chi connectivity index (χ4v) is 5.04. The lowest BCUT2D eigenvalue weighted by Gasteiger charge is -2.18. The van der Waals surface area contributed by atoms with Gasteiger partial charge < -0.3 is 18.9 Å². The first-order valence-corrected chi connectivity index (χ1v) is 12.7. The lowest BCUT2D eigenvalue weighted by atomic mass is 10.0. The van der Waals surface area contributed by atoms with Crippen molar-refractivity contribution in [2.45, 2.75) is 45.1 Å². The maximum atomic E-state index is 13.0. The van der Waals surface area contributed by atoms with E-state index in [2.05, 4.69) is 36.6 Å². The van der Waals surface area contributed by atoms with Crippen LogP contribution in [0, 0.1) is 0 Å². The zero-order valence-electron chi connectivity index (χ0n) is 21.2. The third-order valence-electron chi connectivity index (χ3n) is 6.86. The van der Waals surface area contributed by atoms with Crippen LogP contribution in [0.3, 0.4) is 0 Å². The second-order valence-electron chi connectivity index (χ2n) is 9.61. The van der Waals surface area contributed by atoms with Gasteiger partial charge in [-0.05, 0) is 48.2 Å². The Kier molecular flexibility index (Phi) is 6.94. The summed E-state index contributed by atoms with van der Waals surface area (Å²) in [6, 6.07) is 24.1. The molecule has 36 heavy (non-hydrogen) atoms. The molecule has 0 radical (unpaired) electrons. The van der Waals surface area contributed by atoms with E-state index < -0.39 is 0 Å². The molecular formula is C30H33N3O3.